The van der Waals surface area contributed by atoms with Gasteiger partial charge in [0.2, 0.25) is 0 Å². The molecule has 1 N–H and O–H groups in total. The van der Waals surface area contributed by atoms with Crippen LogP contribution in [0, 0.1) is 11.3 Å². The molecule has 3 aromatic carbocycles. The van der Waals surface area contributed by atoms with Crippen LogP contribution in [0.4, 0.5) is 5.69 Å². The Bertz CT molecular complexity index is 1430. The third-order valence-electron chi connectivity index (χ3n) is 5.79. The molecule has 1 heterocycles. The molecule has 36 heavy (non-hydrogen) atoms. The standard InChI is InChI=1S/C30H27N3O3/c1-2-3-17-36-30(35)23-13-15-26(16-14-23)32-29(34)24(19-31)18-25-21-33(20-22-9-5-4-6-10-22)28-12-8-7-11-27(25)28/h4-16,18,21H,2-3,17,20H2,1H3,(H,32,34)/b24-18+. The molecular formula is C30H27N3O3. The van der Waals surface area contributed by atoms with Gasteiger partial charge in [-0.1, -0.05) is 61.9 Å². The van der Waals surface area contributed by atoms with E-state index in [1.54, 1.807) is 30.3 Å². The zero-order valence-corrected chi connectivity index (χ0v) is 20.1. The topological polar surface area (TPSA) is 84.1 Å². The van der Waals surface area contributed by atoms with Crippen molar-refractivity contribution in [2.75, 3.05) is 11.9 Å². The monoisotopic (exact) mass is 477 g/mol. The van der Waals surface area contributed by atoms with Gasteiger partial charge >= 0.3 is 5.97 Å². The Hall–Kier alpha value is -4.63. The lowest BCUT2D eigenvalue weighted by molar-refractivity contribution is -0.112. The molecule has 0 aliphatic carbocycles. The number of nitrogens with one attached hydrogen (secondary N) is 1. The Kier molecular flexibility index (Phi) is 7.94. The Morgan fingerprint density at radius 1 is 1.00 bits per heavy atom. The van der Waals surface area contributed by atoms with E-state index < -0.39 is 11.9 Å². The van der Waals surface area contributed by atoms with Crippen LogP contribution in [0.25, 0.3) is 17.0 Å². The summed E-state index contributed by atoms with van der Waals surface area (Å²) < 4.78 is 7.32. The summed E-state index contributed by atoms with van der Waals surface area (Å²) in [4.78, 5) is 24.9. The van der Waals surface area contributed by atoms with Gasteiger partial charge in [-0.15, -0.1) is 0 Å². The van der Waals surface area contributed by atoms with Crippen LogP contribution in [0.1, 0.15) is 41.3 Å². The molecule has 0 atom stereocenters. The van der Waals surface area contributed by atoms with E-state index >= 15 is 0 Å². The summed E-state index contributed by atoms with van der Waals surface area (Å²) in [6.07, 6.45) is 5.33. The molecule has 180 valence electrons. The second-order valence-electron chi connectivity index (χ2n) is 8.41. The highest BCUT2D eigenvalue weighted by Crippen LogP contribution is 2.25. The summed E-state index contributed by atoms with van der Waals surface area (Å²) >= 11 is 0. The highest BCUT2D eigenvalue weighted by molar-refractivity contribution is 6.11. The average Bonchev–Trinajstić information content (AvgIpc) is 3.25. The first-order chi connectivity index (χ1) is 17.6. The number of benzene rings is 3. The number of hydrogen-bond acceptors (Lipinski definition) is 4. The molecule has 0 saturated carbocycles. The van der Waals surface area contributed by atoms with Gasteiger partial charge in [0.05, 0.1) is 12.2 Å². The number of esters is 1. The summed E-state index contributed by atoms with van der Waals surface area (Å²) in [6.45, 7) is 3.08. The smallest absolute Gasteiger partial charge is 0.338 e. The molecule has 0 radical (unpaired) electrons. The van der Waals surface area contributed by atoms with Gasteiger partial charge in [0.1, 0.15) is 11.6 Å². The predicted octanol–water partition coefficient (Wildman–Crippen LogP) is 6.19. The molecule has 4 aromatic rings. The van der Waals surface area contributed by atoms with E-state index in [4.69, 9.17) is 4.74 Å². The van der Waals surface area contributed by atoms with Gasteiger partial charge in [-0.25, -0.2) is 4.79 Å². The van der Waals surface area contributed by atoms with E-state index in [2.05, 4.69) is 22.0 Å². The number of fused-ring (bicyclic) bond motifs is 1. The largest absolute Gasteiger partial charge is 0.462 e. The van der Waals surface area contributed by atoms with E-state index in [9.17, 15) is 14.9 Å². The first kappa shape index (κ1) is 24.5. The molecule has 0 spiro atoms. The molecule has 1 amide bonds. The van der Waals surface area contributed by atoms with Crippen LogP contribution in [0.3, 0.4) is 0 Å². The zero-order chi connectivity index (χ0) is 25.3. The lowest BCUT2D eigenvalue weighted by Gasteiger charge is -2.07. The number of aromatic nitrogens is 1. The summed E-state index contributed by atoms with van der Waals surface area (Å²) in [7, 11) is 0. The molecule has 0 aliphatic heterocycles. The summed E-state index contributed by atoms with van der Waals surface area (Å²) in [5.41, 5.74) is 3.85. The number of anilines is 1. The number of nitrogens with zero attached hydrogens (tertiary/aromatic N) is 2. The van der Waals surface area contributed by atoms with Gasteiger partial charge in [-0.2, -0.15) is 5.26 Å². The zero-order valence-electron chi connectivity index (χ0n) is 20.1. The number of ether oxygens (including phenoxy) is 1. The molecule has 0 unspecified atom stereocenters. The van der Waals surface area contributed by atoms with Crippen molar-refractivity contribution in [2.45, 2.75) is 26.3 Å². The van der Waals surface area contributed by atoms with Gasteiger partial charge in [-0.05, 0) is 48.4 Å². The van der Waals surface area contributed by atoms with Crippen molar-refractivity contribution in [3.63, 3.8) is 0 Å². The van der Waals surface area contributed by atoms with E-state index in [1.807, 2.05) is 61.7 Å². The first-order valence-corrected chi connectivity index (χ1v) is 11.9. The fourth-order valence-corrected chi connectivity index (χ4v) is 3.89. The molecular weight excluding hydrogens is 450 g/mol. The second-order valence-corrected chi connectivity index (χ2v) is 8.41. The number of rotatable bonds is 9. The highest BCUT2D eigenvalue weighted by atomic mass is 16.5. The molecule has 0 aliphatic rings. The number of carbonyl (C=O) groups excluding carboxylic acids is 2. The van der Waals surface area contributed by atoms with Crippen molar-refractivity contribution in [2.24, 2.45) is 0 Å². The Balaban J connectivity index is 1.52. The number of amides is 1. The Morgan fingerprint density at radius 2 is 1.72 bits per heavy atom. The minimum absolute atomic E-state index is 0.0133. The Morgan fingerprint density at radius 3 is 2.44 bits per heavy atom. The minimum atomic E-state index is -0.518. The van der Waals surface area contributed by atoms with E-state index in [0.29, 0.717) is 24.4 Å². The van der Waals surface area contributed by atoms with E-state index in [0.717, 1.165) is 34.9 Å². The highest BCUT2D eigenvalue weighted by Gasteiger charge is 2.14. The fourth-order valence-electron chi connectivity index (χ4n) is 3.89. The molecule has 0 fully saturated rings. The molecule has 6 heteroatoms. The number of carbonyl (C=O) groups is 2. The number of para-hydroxylation sites is 1. The first-order valence-electron chi connectivity index (χ1n) is 11.9. The summed E-state index contributed by atoms with van der Waals surface area (Å²) in [5.74, 6) is -0.915. The van der Waals surface area contributed by atoms with Crippen LogP contribution in [-0.4, -0.2) is 23.1 Å². The van der Waals surface area contributed by atoms with Crippen LogP contribution < -0.4 is 5.32 Å². The third-order valence-corrected chi connectivity index (χ3v) is 5.79. The number of nitriles is 1. The third kappa shape index (κ3) is 5.89. The minimum Gasteiger partial charge on any atom is -0.462 e. The summed E-state index contributed by atoms with van der Waals surface area (Å²) in [6, 6.07) is 26.5. The van der Waals surface area contributed by atoms with E-state index in [1.165, 1.54) is 0 Å². The van der Waals surface area contributed by atoms with Crippen molar-refractivity contribution in [1.82, 2.24) is 4.57 Å². The van der Waals surface area contributed by atoms with Crippen LogP contribution in [-0.2, 0) is 16.1 Å². The quantitative estimate of drug-likeness (QED) is 0.135. The van der Waals surface area contributed by atoms with Crippen molar-refractivity contribution >= 4 is 34.5 Å². The van der Waals surface area contributed by atoms with Gasteiger partial charge in [0.15, 0.2) is 0 Å². The lowest BCUT2D eigenvalue weighted by atomic mass is 10.1. The SMILES string of the molecule is CCCCOC(=O)c1ccc(NC(=O)/C(C#N)=C/c2cn(Cc3ccccc3)c3ccccc23)cc1. The Labute approximate surface area is 210 Å². The predicted molar refractivity (Wildman–Crippen MR) is 141 cm³/mol. The average molecular weight is 478 g/mol. The van der Waals surface area contributed by atoms with Crippen molar-refractivity contribution < 1.29 is 14.3 Å². The molecule has 0 saturated heterocycles. The van der Waals surface area contributed by atoms with Crippen LogP contribution >= 0.6 is 0 Å². The molecule has 0 bridgehead atoms. The maximum atomic E-state index is 12.9. The van der Waals surface area contributed by atoms with Crippen LogP contribution in [0.5, 0.6) is 0 Å². The normalized spacial score (nSPS) is 11.2. The van der Waals surface area contributed by atoms with Crippen LogP contribution in [0.2, 0.25) is 0 Å². The second kappa shape index (κ2) is 11.7. The summed E-state index contributed by atoms with van der Waals surface area (Å²) in [5, 5.41) is 13.4. The van der Waals surface area contributed by atoms with Gasteiger partial charge < -0.3 is 14.6 Å². The fraction of sp³-hybridized carbons (Fsp3) is 0.167. The molecule has 4 rings (SSSR count). The maximum Gasteiger partial charge on any atom is 0.338 e. The van der Waals surface area contributed by atoms with Crippen LogP contribution in [0.15, 0.2) is 90.6 Å². The van der Waals surface area contributed by atoms with Crippen molar-refractivity contribution in [1.29, 1.82) is 5.26 Å². The van der Waals surface area contributed by atoms with Gasteiger partial charge in [-0.3, -0.25) is 4.79 Å². The number of unbranched alkanes of at least 4 members (excludes halogenated alkanes) is 1. The lowest BCUT2D eigenvalue weighted by Crippen LogP contribution is -2.13. The van der Waals surface area contributed by atoms with Crippen molar-refractivity contribution in [3.05, 3.63) is 107 Å². The van der Waals surface area contributed by atoms with E-state index in [-0.39, 0.29) is 5.57 Å². The number of hydrogen-bond donors (Lipinski definition) is 1. The maximum absolute atomic E-state index is 12.9. The molecule has 1 aromatic heterocycles. The van der Waals surface area contributed by atoms with Gasteiger partial charge in [0, 0.05) is 34.9 Å². The molecule has 6 nitrogen and oxygen atoms in total. The van der Waals surface area contributed by atoms with Gasteiger partial charge in [0.25, 0.3) is 5.91 Å². The van der Waals surface area contributed by atoms with Crippen molar-refractivity contribution in [3.8, 4) is 6.07 Å².